The van der Waals surface area contributed by atoms with Gasteiger partial charge < -0.3 is 15.4 Å². The average molecular weight is 479 g/mol. The van der Waals surface area contributed by atoms with Gasteiger partial charge in [0, 0.05) is 29.0 Å². The second-order valence-corrected chi connectivity index (χ2v) is 10.3. The number of amides is 2. The van der Waals surface area contributed by atoms with Gasteiger partial charge in [-0.3, -0.25) is 19.9 Å². The fourth-order valence-corrected chi connectivity index (χ4v) is 4.80. The van der Waals surface area contributed by atoms with Gasteiger partial charge in [-0.15, -0.1) is 6.58 Å². The average Bonchev–Trinajstić information content (AvgIpc) is 2.76. The second kappa shape index (κ2) is 8.83. The Balaban J connectivity index is 1.57. The number of nitrogens with zero attached hydrogens (tertiary/aromatic N) is 1. The number of ether oxygens (including phenoxy) is 1. The molecule has 1 fully saturated rings. The summed E-state index contributed by atoms with van der Waals surface area (Å²) in [5.41, 5.74) is 0.539. The third-order valence-corrected chi connectivity index (χ3v) is 6.53. The third-order valence-electron chi connectivity index (χ3n) is 6.53. The van der Waals surface area contributed by atoms with Gasteiger partial charge in [-0.1, -0.05) is 18.2 Å². The molecule has 1 saturated heterocycles. The highest BCUT2D eigenvalue weighted by Gasteiger charge is 2.43. The summed E-state index contributed by atoms with van der Waals surface area (Å²) in [6.07, 6.45) is 1.99. The fourth-order valence-electron chi connectivity index (χ4n) is 4.80. The number of benzene rings is 2. The Morgan fingerprint density at radius 2 is 2.03 bits per heavy atom. The Morgan fingerprint density at radius 3 is 2.71 bits per heavy atom. The lowest BCUT2D eigenvalue weighted by molar-refractivity contribution is -0.130. The molecule has 0 saturated carbocycles. The molecule has 2 aliphatic heterocycles. The number of fused-ring (bicyclic) bond motifs is 1. The number of nitrogens with one attached hydrogen (secondary N) is 3. The minimum atomic E-state index is -0.665. The molecule has 184 valence electrons. The SMILES string of the molecule is C=C[C@H]1[C@H](NC(=O)c2cccc(CN3C(=N)NC(C)(C)CC3=O)c2)c2cc(F)ccc2OC1(C)C. The third kappa shape index (κ3) is 4.92. The summed E-state index contributed by atoms with van der Waals surface area (Å²) in [6, 6.07) is 10.7. The molecule has 2 aromatic rings. The Kier molecular flexibility index (Phi) is 6.17. The summed E-state index contributed by atoms with van der Waals surface area (Å²) >= 11 is 0. The first-order valence-electron chi connectivity index (χ1n) is 11.6. The Hall–Kier alpha value is -3.68. The molecule has 35 heavy (non-hydrogen) atoms. The van der Waals surface area contributed by atoms with Crippen LogP contribution in [0.25, 0.3) is 0 Å². The van der Waals surface area contributed by atoms with E-state index in [1.165, 1.54) is 17.0 Å². The summed E-state index contributed by atoms with van der Waals surface area (Å²) in [7, 11) is 0. The van der Waals surface area contributed by atoms with Crippen LogP contribution in [-0.2, 0) is 11.3 Å². The van der Waals surface area contributed by atoms with Crippen LogP contribution in [0.4, 0.5) is 4.39 Å². The van der Waals surface area contributed by atoms with Gasteiger partial charge in [0.05, 0.1) is 12.6 Å². The van der Waals surface area contributed by atoms with Crippen LogP contribution in [0, 0.1) is 17.1 Å². The fraction of sp³-hybridized carbons (Fsp3) is 0.370. The Bertz CT molecular complexity index is 1190. The predicted molar refractivity (Wildman–Crippen MR) is 132 cm³/mol. The summed E-state index contributed by atoms with van der Waals surface area (Å²) < 4.78 is 20.2. The first kappa shape index (κ1) is 24.4. The molecule has 2 heterocycles. The van der Waals surface area contributed by atoms with Crippen LogP contribution >= 0.6 is 0 Å². The lowest BCUT2D eigenvalue weighted by atomic mass is 9.78. The van der Waals surface area contributed by atoms with Gasteiger partial charge in [0.1, 0.15) is 17.2 Å². The van der Waals surface area contributed by atoms with Crippen LogP contribution in [0.1, 0.15) is 61.6 Å². The maximum absolute atomic E-state index is 14.1. The number of hydrogen-bond donors (Lipinski definition) is 3. The van der Waals surface area contributed by atoms with Crippen molar-refractivity contribution in [1.82, 2.24) is 15.5 Å². The molecule has 0 aromatic heterocycles. The monoisotopic (exact) mass is 478 g/mol. The van der Waals surface area contributed by atoms with Crippen LogP contribution < -0.4 is 15.4 Å². The van der Waals surface area contributed by atoms with Gasteiger partial charge in [-0.25, -0.2) is 4.39 Å². The van der Waals surface area contributed by atoms with Crippen molar-refractivity contribution in [2.45, 2.75) is 57.8 Å². The van der Waals surface area contributed by atoms with Gasteiger partial charge in [0.25, 0.3) is 5.91 Å². The predicted octanol–water partition coefficient (Wildman–Crippen LogP) is 4.31. The highest BCUT2D eigenvalue weighted by Crippen LogP contribution is 2.44. The normalized spacial score (nSPS) is 22.5. The van der Waals surface area contributed by atoms with Crippen molar-refractivity contribution in [1.29, 1.82) is 5.41 Å². The lowest BCUT2D eigenvalue weighted by Gasteiger charge is -2.43. The molecule has 8 heteroatoms. The number of hydrogen-bond acceptors (Lipinski definition) is 4. The smallest absolute Gasteiger partial charge is 0.251 e. The van der Waals surface area contributed by atoms with Crippen molar-refractivity contribution in [2.24, 2.45) is 5.92 Å². The molecule has 0 aliphatic carbocycles. The molecule has 2 atom stereocenters. The molecule has 0 radical (unpaired) electrons. The minimum absolute atomic E-state index is 0.0398. The van der Waals surface area contributed by atoms with E-state index < -0.39 is 23.0 Å². The lowest BCUT2D eigenvalue weighted by Crippen LogP contribution is -2.59. The first-order valence-corrected chi connectivity index (χ1v) is 11.6. The van der Waals surface area contributed by atoms with E-state index in [1.54, 1.807) is 30.3 Å². The van der Waals surface area contributed by atoms with Crippen LogP contribution in [0.2, 0.25) is 0 Å². The van der Waals surface area contributed by atoms with E-state index >= 15 is 0 Å². The maximum atomic E-state index is 14.1. The number of carbonyl (C=O) groups excluding carboxylic acids is 2. The van der Waals surface area contributed by atoms with Crippen molar-refractivity contribution >= 4 is 17.8 Å². The topological polar surface area (TPSA) is 94.5 Å². The molecule has 4 rings (SSSR count). The van der Waals surface area contributed by atoms with E-state index in [4.69, 9.17) is 10.1 Å². The van der Waals surface area contributed by atoms with Crippen molar-refractivity contribution in [3.8, 4) is 5.75 Å². The summed E-state index contributed by atoms with van der Waals surface area (Å²) in [5.74, 6) is -0.642. The number of carbonyl (C=O) groups is 2. The largest absolute Gasteiger partial charge is 0.487 e. The van der Waals surface area contributed by atoms with E-state index in [9.17, 15) is 14.0 Å². The molecule has 2 aliphatic rings. The van der Waals surface area contributed by atoms with Crippen LogP contribution in [-0.4, -0.2) is 33.8 Å². The standard InChI is InChI=1S/C27H31FN4O3/c1-6-20-23(19-13-18(28)10-11-21(19)35-27(20,4)5)30-24(34)17-9-7-8-16(12-17)15-32-22(33)14-26(2,3)31-25(32)29/h6-13,20,23H,1,14-15H2,2-5H3,(H2,29,31)(H,30,34)/t20-,23+/m0/s1. The quantitative estimate of drug-likeness (QED) is 0.559. The van der Waals surface area contributed by atoms with Crippen molar-refractivity contribution in [3.05, 3.63) is 77.6 Å². The van der Waals surface area contributed by atoms with E-state index in [0.717, 1.165) is 5.56 Å². The first-order chi connectivity index (χ1) is 16.4. The summed E-state index contributed by atoms with van der Waals surface area (Å²) in [5, 5.41) is 14.3. The van der Waals surface area contributed by atoms with Crippen LogP contribution in [0.3, 0.4) is 0 Å². The number of halogens is 1. The molecule has 3 N–H and O–H groups in total. The van der Waals surface area contributed by atoms with Gasteiger partial charge in [0.2, 0.25) is 5.91 Å². The number of rotatable bonds is 5. The van der Waals surface area contributed by atoms with E-state index in [0.29, 0.717) is 16.9 Å². The molecule has 2 amide bonds. The molecular weight excluding hydrogens is 447 g/mol. The minimum Gasteiger partial charge on any atom is -0.487 e. The highest BCUT2D eigenvalue weighted by atomic mass is 19.1. The molecule has 0 unspecified atom stereocenters. The highest BCUT2D eigenvalue weighted by molar-refractivity contribution is 5.99. The van der Waals surface area contributed by atoms with Crippen molar-refractivity contribution in [3.63, 3.8) is 0 Å². The van der Waals surface area contributed by atoms with Gasteiger partial charge in [-0.05, 0) is 63.6 Å². The maximum Gasteiger partial charge on any atom is 0.251 e. The molecule has 0 spiro atoms. The van der Waals surface area contributed by atoms with Gasteiger partial charge in [-0.2, -0.15) is 0 Å². The zero-order valence-corrected chi connectivity index (χ0v) is 20.4. The zero-order valence-electron chi connectivity index (χ0n) is 20.4. The molecule has 7 nitrogen and oxygen atoms in total. The van der Waals surface area contributed by atoms with Crippen molar-refractivity contribution in [2.75, 3.05) is 0 Å². The van der Waals surface area contributed by atoms with Crippen LogP contribution in [0.5, 0.6) is 5.75 Å². The van der Waals surface area contributed by atoms with Crippen molar-refractivity contribution < 1.29 is 18.7 Å². The summed E-state index contributed by atoms with van der Waals surface area (Å²) in [4.78, 5) is 27.3. The Labute approximate surface area is 204 Å². The van der Waals surface area contributed by atoms with Crippen LogP contribution in [0.15, 0.2) is 55.1 Å². The molecule has 0 bridgehead atoms. The molecular formula is C27H31FN4O3. The van der Waals surface area contributed by atoms with Gasteiger partial charge >= 0.3 is 0 Å². The van der Waals surface area contributed by atoms with E-state index in [2.05, 4.69) is 17.2 Å². The second-order valence-electron chi connectivity index (χ2n) is 10.3. The zero-order chi connectivity index (χ0) is 25.5. The molecule has 2 aromatic carbocycles. The van der Waals surface area contributed by atoms with E-state index in [-0.39, 0.29) is 36.7 Å². The van der Waals surface area contributed by atoms with E-state index in [1.807, 2.05) is 33.8 Å². The summed E-state index contributed by atoms with van der Waals surface area (Å²) in [6.45, 7) is 11.7. The van der Waals surface area contributed by atoms with Gasteiger partial charge in [0.15, 0.2) is 5.96 Å². The number of guanidine groups is 1. The Morgan fingerprint density at radius 1 is 1.29 bits per heavy atom.